The van der Waals surface area contributed by atoms with Crippen LogP contribution < -0.4 is 5.32 Å². The van der Waals surface area contributed by atoms with E-state index < -0.39 is 34.8 Å². The van der Waals surface area contributed by atoms with Crippen molar-refractivity contribution < 1.29 is 34.8 Å². The summed E-state index contributed by atoms with van der Waals surface area (Å²) in [6, 6.07) is 8.60. The van der Waals surface area contributed by atoms with Crippen LogP contribution in [-0.4, -0.2) is 38.3 Å². The van der Waals surface area contributed by atoms with Gasteiger partial charge in [-0.15, -0.1) is 0 Å². The first-order chi connectivity index (χ1) is 11.7. The van der Waals surface area contributed by atoms with Crippen LogP contribution in [0.1, 0.15) is 22.8 Å². The van der Waals surface area contributed by atoms with E-state index in [1.807, 2.05) is 0 Å². The van der Waals surface area contributed by atoms with Crippen LogP contribution in [0.25, 0.3) is 0 Å². The number of hydrogen-bond donors (Lipinski definition) is 5. The zero-order valence-corrected chi connectivity index (χ0v) is 13.1. The number of aromatic hydroxyl groups is 2. The molecule has 0 spiro atoms. The van der Waals surface area contributed by atoms with Crippen molar-refractivity contribution in [2.75, 3.05) is 5.32 Å². The van der Waals surface area contributed by atoms with Gasteiger partial charge in [0.05, 0.1) is 11.3 Å². The zero-order chi connectivity index (χ0) is 18.8. The Bertz CT molecular complexity index is 842. The van der Waals surface area contributed by atoms with Gasteiger partial charge in [0, 0.05) is 6.07 Å². The third-order valence-corrected chi connectivity index (χ3v) is 3.77. The van der Waals surface area contributed by atoms with Gasteiger partial charge in [0.2, 0.25) is 5.91 Å². The summed E-state index contributed by atoms with van der Waals surface area (Å²) in [5.74, 6) is -4.69. The molecule has 0 radical (unpaired) electrons. The number of amides is 1. The van der Waals surface area contributed by atoms with E-state index in [1.54, 1.807) is 0 Å². The van der Waals surface area contributed by atoms with E-state index in [9.17, 15) is 29.7 Å². The molecule has 2 rings (SSSR count). The van der Waals surface area contributed by atoms with Crippen LogP contribution in [0.4, 0.5) is 5.69 Å². The second-order valence-electron chi connectivity index (χ2n) is 5.47. The standard InChI is InChI=1S/C17H15NO7/c1-17(16(24)25,9-6-10(19)8-11(20)7-9)15(23)18-13-5-3-2-4-12(13)14(21)22/h2-8,19-20H,1H3,(H,18,23)(H,21,22)(H,24,25). The predicted octanol–water partition coefficient (Wildman–Crippen LogP) is 1.78. The lowest BCUT2D eigenvalue weighted by atomic mass is 9.81. The average molecular weight is 345 g/mol. The molecule has 25 heavy (non-hydrogen) atoms. The highest BCUT2D eigenvalue weighted by molar-refractivity contribution is 6.14. The second kappa shape index (κ2) is 6.52. The minimum absolute atomic E-state index is 0.0724. The number of carboxylic acids is 2. The molecule has 0 fully saturated rings. The van der Waals surface area contributed by atoms with E-state index in [0.717, 1.165) is 25.1 Å². The molecule has 2 aromatic rings. The molecule has 0 bridgehead atoms. The van der Waals surface area contributed by atoms with Gasteiger partial charge in [0.15, 0.2) is 5.41 Å². The third-order valence-electron chi connectivity index (χ3n) is 3.77. The molecule has 8 nitrogen and oxygen atoms in total. The molecule has 130 valence electrons. The molecule has 0 aliphatic rings. The van der Waals surface area contributed by atoms with Gasteiger partial charge in [-0.05, 0) is 36.8 Å². The van der Waals surface area contributed by atoms with Crippen LogP contribution in [0.3, 0.4) is 0 Å². The number of aromatic carboxylic acids is 1. The maximum Gasteiger partial charge on any atom is 0.337 e. The lowest BCUT2D eigenvalue weighted by molar-refractivity contribution is -0.147. The number of carboxylic acid groups (broad SMARTS) is 2. The lowest BCUT2D eigenvalue weighted by Gasteiger charge is -2.25. The third kappa shape index (κ3) is 3.37. The quantitative estimate of drug-likeness (QED) is 0.519. The number of benzene rings is 2. The molecule has 0 heterocycles. The van der Waals surface area contributed by atoms with Gasteiger partial charge >= 0.3 is 11.9 Å². The smallest absolute Gasteiger partial charge is 0.337 e. The summed E-state index contributed by atoms with van der Waals surface area (Å²) >= 11 is 0. The molecule has 0 saturated heterocycles. The van der Waals surface area contributed by atoms with Crippen LogP contribution in [0, 0.1) is 0 Å². The van der Waals surface area contributed by atoms with Crippen LogP contribution in [-0.2, 0) is 15.0 Å². The van der Waals surface area contributed by atoms with Crippen molar-refractivity contribution >= 4 is 23.5 Å². The summed E-state index contributed by atoms with van der Waals surface area (Å²) in [4.78, 5) is 35.6. The van der Waals surface area contributed by atoms with Crippen LogP contribution in [0.2, 0.25) is 0 Å². The molecular weight excluding hydrogens is 330 g/mol. The number of carbonyl (C=O) groups excluding carboxylic acids is 1. The predicted molar refractivity (Wildman–Crippen MR) is 86.8 cm³/mol. The number of aliphatic carboxylic acids is 1. The highest BCUT2D eigenvalue weighted by Gasteiger charge is 2.44. The Morgan fingerprint density at radius 1 is 0.960 bits per heavy atom. The van der Waals surface area contributed by atoms with Crippen LogP contribution in [0.5, 0.6) is 11.5 Å². The average Bonchev–Trinajstić information content (AvgIpc) is 2.53. The Morgan fingerprint density at radius 3 is 2.04 bits per heavy atom. The fraction of sp³-hybridized carbons (Fsp3) is 0.118. The van der Waals surface area contributed by atoms with E-state index >= 15 is 0 Å². The van der Waals surface area contributed by atoms with Crippen LogP contribution in [0.15, 0.2) is 42.5 Å². The molecular formula is C17H15NO7. The minimum atomic E-state index is -2.18. The Hall–Kier alpha value is -3.55. The fourth-order valence-corrected chi connectivity index (χ4v) is 2.26. The van der Waals surface area contributed by atoms with Crippen molar-refractivity contribution in [2.24, 2.45) is 0 Å². The largest absolute Gasteiger partial charge is 0.508 e. The van der Waals surface area contributed by atoms with Gasteiger partial charge in [-0.1, -0.05) is 12.1 Å². The molecule has 0 aromatic heterocycles. The Morgan fingerprint density at radius 2 is 1.52 bits per heavy atom. The highest BCUT2D eigenvalue weighted by atomic mass is 16.4. The molecule has 5 N–H and O–H groups in total. The number of phenolic OH excluding ortho intramolecular Hbond substituents is 2. The molecule has 0 aliphatic heterocycles. The number of nitrogens with one attached hydrogen (secondary N) is 1. The first-order valence-electron chi connectivity index (χ1n) is 7.07. The monoisotopic (exact) mass is 345 g/mol. The number of anilines is 1. The van der Waals surface area contributed by atoms with E-state index in [1.165, 1.54) is 24.3 Å². The van der Waals surface area contributed by atoms with Gasteiger partial charge in [-0.25, -0.2) is 4.79 Å². The van der Waals surface area contributed by atoms with Crippen molar-refractivity contribution in [3.63, 3.8) is 0 Å². The summed E-state index contributed by atoms with van der Waals surface area (Å²) in [6.07, 6.45) is 0. The first-order valence-corrected chi connectivity index (χ1v) is 7.07. The maximum absolute atomic E-state index is 12.6. The van der Waals surface area contributed by atoms with Crippen molar-refractivity contribution in [1.82, 2.24) is 0 Å². The first kappa shape index (κ1) is 17.8. The summed E-state index contributed by atoms with van der Waals surface area (Å²) in [6.45, 7) is 1.09. The van der Waals surface area contributed by atoms with Gasteiger partial charge in [-0.2, -0.15) is 0 Å². The molecule has 0 aliphatic carbocycles. The maximum atomic E-state index is 12.6. The van der Waals surface area contributed by atoms with E-state index in [-0.39, 0.29) is 16.8 Å². The minimum Gasteiger partial charge on any atom is -0.508 e. The summed E-state index contributed by atoms with van der Waals surface area (Å²) in [5, 5.41) is 40.1. The van der Waals surface area contributed by atoms with E-state index in [2.05, 4.69) is 5.32 Å². The molecule has 8 heteroatoms. The van der Waals surface area contributed by atoms with Gasteiger partial charge in [-0.3, -0.25) is 9.59 Å². The topological polar surface area (TPSA) is 144 Å². The molecule has 1 unspecified atom stereocenters. The van der Waals surface area contributed by atoms with E-state index in [4.69, 9.17) is 5.11 Å². The Balaban J connectivity index is 2.49. The highest BCUT2D eigenvalue weighted by Crippen LogP contribution is 2.32. The summed E-state index contributed by atoms with van der Waals surface area (Å²) in [5.41, 5.74) is -2.62. The lowest BCUT2D eigenvalue weighted by Crippen LogP contribution is -2.44. The van der Waals surface area contributed by atoms with Crippen molar-refractivity contribution in [3.05, 3.63) is 53.6 Å². The van der Waals surface area contributed by atoms with Gasteiger partial charge in [0.25, 0.3) is 0 Å². The number of carbonyl (C=O) groups is 3. The number of para-hydroxylation sites is 1. The molecule has 1 amide bonds. The number of rotatable bonds is 5. The normalized spacial score (nSPS) is 12.8. The summed E-state index contributed by atoms with van der Waals surface area (Å²) < 4.78 is 0. The van der Waals surface area contributed by atoms with Crippen molar-refractivity contribution in [2.45, 2.75) is 12.3 Å². The SMILES string of the molecule is CC(C(=O)O)(C(=O)Nc1ccccc1C(=O)O)c1cc(O)cc(O)c1. The molecule has 2 aromatic carbocycles. The van der Waals surface area contributed by atoms with Crippen molar-refractivity contribution in [3.8, 4) is 11.5 Å². The Kier molecular flexibility index (Phi) is 4.64. The fourth-order valence-electron chi connectivity index (χ4n) is 2.26. The second-order valence-corrected chi connectivity index (χ2v) is 5.47. The van der Waals surface area contributed by atoms with Gasteiger partial charge in [0.1, 0.15) is 11.5 Å². The van der Waals surface area contributed by atoms with Crippen LogP contribution >= 0.6 is 0 Å². The number of hydrogen-bond acceptors (Lipinski definition) is 5. The molecule has 1 atom stereocenters. The van der Waals surface area contributed by atoms with Crippen molar-refractivity contribution in [1.29, 1.82) is 0 Å². The number of phenols is 2. The molecule has 0 saturated carbocycles. The summed E-state index contributed by atoms with van der Waals surface area (Å²) in [7, 11) is 0. The van der Waals surface area contributed by atoms with Gasteiger partial charge < -0.3 is 25.7 Å². The van der Waals surface area contributed by atoms with E-state index in [0.29, 0.717) is 0 Å². The zero-order valence-electron chi connectivity index (χ0n) is 13.1. The Labute approximate surface area is 142 Å².